The molecule has 0 aliphatic heterocycles. The first-order valence-corrected chi connectivity index (χ1v) is 9.46. The smallest absolute Gasteiger partial charge is 0.242 e. The summed E-state index contributed by atoms with van der Waals surface area (Å²) in [6.07, 6.45) is 2.05. The SMILES string of the molecule is Cc1cc(Br)c(S(=O)(=O)NC(C)(CN)C2CC2)cc1Br. The highest BCUT2D eigenvalue weighted by Crippen LogP contribution is 2.40. The molecule has 0 amide bonds. The van der Waals surface area contributed by atoms with Gasteiger partial charge >= 0.3 is 0 Å². The highest BCUT2D eigenvalue weighted by molar-refractivity contribution is 9.11. The summed E-state index contributed by atoms with van der Waals surface area (Å²) in [7, 11) is -3.61. The largest absolute Gasteiger partial charge is 0.329 e. The molecular formula is C13H18Br2N2O2S. The van der Waals surface area contributed by atoms with E-state index in [0.717, 1.165) is 22.9 Å². The molecule has 0 radical (unpaired) electrons. The Bertz CT molecular complexity index is 630. The zero-order valence-corrected chi connectivity index (χ0v) is 15.4. The molecule has 1 atom stereocenters. The average Bonchev–Trinajstić information content (AvgIpc) is 3.17. The number of sulfonamides is 1. The quantitative estimate of drug-likeness (QED) is 0.761. The van der Waals surface area contributed by atoms with Gasteiger partial charge in [-0.2, -0.15) is 0 Å². The van der Waals surface area contributed by atoms with Crippen molar-refractivity contribution in [2.45, 2.75) is 37.1 Å². The van der Waals surface area contributed by atoms with E-state index in [9.17, 15) is 8.42 Å². The summed E-state index contributed by atoms with van der Waals surface area (Å²) in [5.41, 5.74) is 6.18. The lowest BCUT2D eigenvalue weighted by Gasteiger charge is -2.29. The van der Waals surface area contributed by atoms with E-state index < -0.39 is 15.6 Å². The number of halogens is 2. The maximum Gasteiger partial charge on any atom is 0.242 e. The first-order valence-electron chi connectivity index (χ1n) is 6.39. The van der Waals surface area contributed by atoms with Crippen LogP contribution >= 0.6 is 31.9 Å². The normalized spacial score (nSPS) is 18.9. The molecule has 0 spiro atoms. The molecule has 112 valence electrons. The van der Waals surface area contributed by atoms with Gasteiger partial charge in [0.05, 0.1) is 4.90 Å². The van der Waals surface area contributed by atoms with Crippen LogP contribution in [0.1, 0.15) is 25.3 Å². The molecule has 3 N–H and O–H groups in total. The van der Waals surface area contributed by atoms with E-state index >= 15 is 0 Å². The Morgan fingerprint density at radius 2 is 1.95 bits per heavy atom. The summed E-state index contributed by atoms with van der Waals surface area (Å²) < 4.78 is 29.3. The number of benzene rings is 1. The van der Waals surface area contributed by atoms with Gasteiger partial charge in [0, 0.05) is 21.0 Å². The van der Waals surface area contributed by atoms with Crippen molar-refractivity contribution < 1.29 is 8.42 Å². The summed E-state index contributed by atoms with van der Waals surface area (Å²) in [5, 5.41) is 0. The summed E-state index contributed by atoms with van der Waals surface area (Å²) in [4.78, 5) is 0.232. The topological polar surface area (TPSA) is 72.2 Å². The molecule has 0 bridgehead atoms. The van der Waals surface area contributed by atoms with E-state index in [-0.39, 0.29) is 4.90 Å². The molecule has 0 aromatic heterocycles. The van der Waals surface area contributed by atoms with Crippen LogP contribution in [0.5, 0.6) is 0 Å². The van der Waals surface area contributed by atoms with Crippen molar-refractivity contribution in [3.63, 3.8) is 0 Å². The highest BCUT2D eigenvalue weighted by Gasteiger charge is 2.43. The second kappa shape index (κ2) is 5.68. The van der Waals surface area contributed by atoms with Crippen LogP contribution in [0, 0.1) is 12.8 Å². The number of rotatable bonds is 5. The molecule has 1 unspecified atom stereocenters. The second-order valence-electron chi connectivity index (χ2n) is 5.53. The van der Waals surface area contributed by atoms with Crippen molar-refractivity contribution in [3.8, 4) is 0 Å². The third kappa shape index (κ3) is 3.27. The van der Waals surface area contributed by atoms with E-state index in [2.05, 4.69) is 36.6 Å². The zero-order chi connectivity index (χ0) is 15.1. The average molecular weight is 426 g/mol. The zero-order valence-electron chi connectivity index (χ0n) is 11.4. The fraction of sp³-hybridized carbons (Fsp3) is 0.538. The van der Waals surface area contributed by atoms with Gasteiger partial charge in [0.2, 0.25) is 10.0 Å². The third-order valence-electron chi connectivity index (χ3n) is 3.77. The van der Waals surface area contributed by atoms with Crippen LogP contribution in [-0.2, 0) is 10.0 Å². The second-order valence-corrected chi connectivity index (χ2v) is 8.89. The molecule has 0 saturated heterocycles. The Kier molecular flexibility index (Phi) is 4.67. The van der Waals surface area contributed by atoms with E-state index in [0.29, 0.717) is 16.9 Å². The Balaban J connectivity index is 2.38. The summed E-state index contributed by atoms with van der Waals surface area (Å²) in [5.74, 6) is 0.329. The molecule has 4 nitrogen and oxygen atoms in total. The van der Waals surface area contributed by atoms with Gasteiger partial charge in [-0.1, -0.05) is 15.9 Å². The van der Waals surface area contributed by atoms with Crippen LogP contribution in [0.3, 0.4) is 0 Å². The molecule has 1 fully saturated rings. The van der Waals surface area contributed by atoms with E-state index in [1.807, 2.05) is 13.8 Å². The number of nitrogens with two attached hydrogens (primary N) is 1. The van der Waals surface area contributed by atoms with E-state index in [1.54, 1.807) is 12.1 Å². The van der Waals surface area contributed by atoms with Crippen molar-refractivity contribution in [2.24, 2.45) is 11.7 Å². The molecule has 1 aliphatic rings. The van der Waals surface area contributed by atoms with Gasteiger partial charge in [-0.05, 0) is 66.2 Å². The molecule has 7 heteroatoms. The molecular weight excluding hydrogens is 408 g/mol. The maximum absolute atomic E-state index is 12.6. The molecule has 0 heterocycles. The monoisotopic (exact) mass is 424 g/mol. The van der Waals surface area contributed by atoms with E-state index in [1.165, 1.54) is 0 Å². The predicted molar refractivity (Wildman–Crippen MR) is 87.1 cm³/mol. The summed E-state index contributed by atoms with van der Waals surface area (Å²) in [6, 6.07) is 3.40. The van der Waals surface area contributed by atoms with Crippen LogP contribution in [0.25, 0.3) is 0 Å². The fourth-order valence-corrected chi connectivity index (χ4v) is 5.36. The van der Waals surface area contributed by atoms with Crippen LogP contribution in [-0.4, -0.2) is 20.5 Å². The highest BCUT2D eigenvalue weighted by atomic mass is 79.9. The van der Waals surface area contributed by atoms with Crippen molar-refractivity contribution in [1.82, 2.24) is 4.72 Å². The predicted octanol–water partition coefficient (Wildman–Crippen LogP) is 2.93. The Labute approximate surface area is 136 Å². The summed E-state index contributed by atoms with van der Waals surface area (Å²) >= 11 is 6.70. The number of hydrogen-bond donors (Lipinski definition) is 2. The minimum Gasteiger partial charge on any atom is -0.329 e. The van der Waals surface area contributed by atoms with Gasteiger partial charge in [-0.3, -0.25) is 0 Å². The number of aryl methyl sites for hydroxylation is 1. The fourth-order valence-electron chi connectivity index (χ4n) is 2.21. The maximum atomic E-state index is 12.6. The molecule has 1 aromatic rings. The minimum atomic E-state index is -3.61. The van der Waals surface area contributed by atoms with Crippen LogP contribution in [0.4, 0.5) is 0 Å². The van der Waals surface area contributed by atoms with Gasteiger partial charge in [0.25, 0.3) is 0 Å². The lowest BCUT2D eigenvalue weighted by molar-refractivity contribution is 0.374. The van der Waals surface area contributed by atoms with E-state index in [4.69, 9.17) is 5.73 Å². The Morgan fingerprint density at radius 1 is 1.35 bits per heavy atom. The van der Waals surface area contributed by atoms with Crippen LogP contribution in [0.15, 0.2) is 26.0 Å². The molecule has 1 aliphatic carbocycles. The molecule has 20 heavy (non-hydrogen) atoms. The van der Waals surface area contributed by atoms with Gasteiger partial charge in [-0.15, -0.1) is 0 Å². The summed E-state index contributed by atoms with van der Waals surface area (Å²) in [6.45, 7) is 4.08. The van der Waals surface area contributed by atoms with Gasteiger partial charge in [0.1, 0.15) is 0 Å². The molecule has 1 saturated carbocycles. The van der Waals surface area contributed by atoms with Gasteiger partial charge in [-0.25, -0.2) is 13.1 Å². The first kappa shape index (κ1) is 16.4. The molecule has 1 aromatic carbocycles. The van der Waals surface area contributed by atoms with Gasteiger partial charge in [0.15, 0.2) is 0 Å². The van der Waals surface area contributed by atoms with Crippen LogP contribution in [0.2, 0.25) is 0 Å². The lowest BCUT2D eigenvalue weighted by atomic mass is 9.98. The third-order valence-corrected chi connectivity index (χ3v) is 7.20. The van der Waals surface area contributed by atoms with Crippen molar-refractivity contribution >= 4 is 41.9 Å². The van der Waals surface area contributed by atoms with Crippen molar-refractivity contribution in [3.05, 3.63) is 26.6 Å². The minimum absolute atomic E-state index is 0.232. The van der Waals surface area contributed by atoms with Crippen LogP contribution < -0.4 is 10.5 Å². The van der Waals surface area contributed by atoms with Crippen molar-refractivity contribution in [1.29, 1.82) is 0 Å². The molecule has 2 rings (SSSR count). The Morgan fingerprint density at radius 3 is 2.45 bits per heavy atom. The standard InChI is InChI=1S/C13H18Br2N2O2S/c1-8-5-11(15)12(6-10(8)14)20(18,19)17-13(2,7-16)9-3-4-9/h5-6,9,17H,3-4,7,16H2,1-2H3. The van der Waals surface area contributed by atoms with Crippen molar-refractivity contribution in [2.75, 3.05) is 6.54 Å². The first-order chi connectivity index (χ1) is 9.19. The lowest BCUT2D eigenvalue weighted by Crippen LogP contribution is -2.53. The number of nitrogens with one attached hydrogen (secondary N) is 1. The van der Waals surface area contributed by atoms with Gasteiger partial charge < -0.3 is 5.73 Å². The Hall–Kier alpha value is 0.0500. The number of hydrogen-bond acceptors (Lipinski definition) is 3.